The van der Waals surface area contributed by atoms with E-state index in [0.717, 1.165) is 29.4 Å². The van der Waals surface area contributed by atoms with Crippen LogP contribution in [0.25, 0.3) is 0 Å². The van der Waals surface area contributed by atoms with Gasteiger partial charge in [0, 0.05) is 6.04 Å². The molecule has 1 aromatic carbocycles. The molecule has 3 unspecified atom stereocenters. The van der Waals surface area contributed by atoms with Gasteiger partial charge in [-0.25, -0.2) is 4.39 Å². The first kappa shape index (κ1) is 12.1. The summed E-state index contributed by atoms with van der Waals surface area (Å²) < 4.78 is 13.3. The zero-order chi connectivity index (χ0) is 12.7. The lowest BCUT2D eigenvalue weighted by Gasteiger charge is -2.24. The van der Waals surface area contributed by atoms with E-state index < -0.39 is 0 Å². The molecule has 0 aromatic heterocycles. The van der Waals surface area contributed by atoms with E-state index >= 15 is 0 Å². The molecule has 0 aliphatic heterocycles. The summed E-state index contributed by atoms with van der Waals surface area (Å²) in [6, 6.07) is 5.31. The van der Waals surface area contributed by atoms with Gasteiger partial charge in [-0.2, -0.15) is 0 Å². The van der Waals surface area contributed by atoms with Gasteiger partial charge in [0.25, 0.3) is 0 Å². The van der Waals surface area contributed by atoms with Crippen molar-refractivity contribution >= 4 is 0 Å². The summed E-state index contributed by atoms with van der Waals surface area (Å²) in [4.78, 5) is 0. The standard InChI is InChI=1S/C15H21FN2/c1-9-2-3-14(16)7-10(9)8-15(18-17)13-5-11-4-12(11)6-13/h2-3,7,11-13,15,18H,4-6,8,17H2,1H3. The summed E-state index contributed by atoms with van der Waals surface area (Å²) in [5, 5.41) is 0. The molecular weight excluding hydrogens is 227 g/mol. The van der Waals surface area contributed by atoms with E-state index in [1.807, 2.05) is 13.0 Å². The SMILES string of the molecule is Cc1ccc(F)cc1CC(NN)C1CC2CC2C1. The lowest BCUT2D eigenvalue weighted by molar-refractivity contribution is 0.335. The Morgan fingerprint density at radius 2 is 2.06 bits per heavy atom. The van der Waals surface area contributed by atoms with Crippen molar-refractivity contribution in [3.05, 3.63) is 35.1 Å². The molecule has 2 aliphatic rings. The van der Waals surface area contributed by atoms with Crippen LogP contribution in [-0.4, -0.2) is 6.04 Å². The molecule has 3 rings (SSSR count). The van der Waals surface area contributed by atoms with E-state index in [4.69, 9.17) is 5.84 Å². The Bertz CT molecular complexity index is 436. The molecule has 18 heavy (non-hydrogen) atoms. The second kappa shape index (κ2) is 4.63. The van der Waals surface area contributed by atoms with Gasteiger partial charge in [0.1, 0.15) is 5.82 Å². The molecule has 2 nitrogen and oxygen atoms in total. The molecule has 3 N–H and O–H groups in total. The van der Waals surface area contributed by atoms with E-state index in [2.05, 4.69) is 5.43 Å². The molecule has 0 heterocycles. The number of hydrazine groups is 1. The van der Waals surface area contributed by atoms with Crippen LogP contribution >= 0.6 is 0 Å². The van der Waals surface area contributed by atoms with Crippen LogP contribution in [0.3, 0.4) is 0 Å². The third-order valence-corrected chi connectivity index (χ3v) is 4.81. The number of hydrogen-bond donors (Lipinski definition) is 2. The Morgan fingerprint density at radius 3 is 2.72 bits per heavy atom. The Balaban J connectivity index is 1.70. The summed E-state index contributed by atoms with van der Waals surface area (Å²) >= 11 is 0. The Hall–Kier alpha value is -0.930. The number of benzene rings is 1. The van der Waals surface area contributed by atoms with Crippen LogP contribution in [0, 0.1) is 30.5 Å². The summed E-state index contributed by atoms with van der Waals surface area (Å²) in [6.45, 7) is 2.04. The lowest BCUT2D eigenvalue weighted by atomic mass is 9.89. The van der Waals surface area contributed by atoms with Gasteiger partial charge in [0.15, 0.2) is 0 Å². The quantitative estimate of drug-likeness (QED) is 0.635. The minimum atomic E-state index is -0.152. The summed E-state index contributed by atoms with van der Waals surface area (Å²) in [5.74, 6) is 8.14. The molecule has 2 aliphatic carbocycles. The van der Waals surface area contributed by atoms with Crippen LogP contribution in [0.5, 0.6) is 0 Å². The van der Waals surface area contributed by atoms with E-state index in [-0.39, 0.29) is 5.82 Å². The fourth-order valence-corrected chi connectivity index (χ4v) is 3.55. The average molecular weight is 248 g/mol. The van der Waals surface area contributed by atoms with Gasteiger partial charge in [0.2, 0.25) is 0 Å². The van der Waals surface area contributed by atoms with Gasteiger partial charge in [-0.1, -0.05) is 6.07 Å². The summed E-state index contributed by atoms with van der Waals surface area (Å²) in [6.07, 6.45) is 4.86. The van der Waals surface area contributed by atoms with Crippen LogP contribution in [-0.2, 0) is 6.42 Å². The van der Waals surface area contributed by atoms with Crippen LogP contribution in [0.2, 0.25) is 0 Å². The van der Waals surface area contributed by atoms with Crippen molar-refractivity contribution in [1.29, 1.82) is 0 Å². The Morgan fingerprint density at radius 1 is 1.33 bits per heavy atom. The van der Waals surface area contributed by atoms with Crippen LogP contribution in [0.1, 0.15) is 30.4 Å². The van der Waals surface area contributed by atoms with Crippen molar-refractivity contribution < 1.29 is 4.39 Å². The number of nitrogens with two attached hydrogens (primary N) is 1. The summed E-state index contributed by atoms with van der Waals surface area (Å²) in [7, 11) is 0. The summed E-state index contributed by atoms with van der Waals surface area (Å²) in [5.41, 5.74) is 5.19. The third-order valence-electron chi connectivity index (χ3n) is 4.81. The van der Waals surface area contributed by atoms with Crippen LogP contribution in [0.4, 0.5) is 4.39 Å². The molecule has 0 radical (unpaired) electrons. The molecule has 1 aromatic rings. The molecule has 0 saturated heterocycles. The second-order valence-electron chi connectivity index (χ2n) is 6.04. The van der Waals surface area contributed by atoms with Gasteiger partial charge in [0.05, 0.1) is 0 Å². The molecule has 2 fully saturated rings. The van der Waals surface area contributed by atoms with Crippen LogP contribution in [0.15, 0.2) is 18.2 Å². The van der Waals surface area contributed by atoms with Crippen molar-refractivity contribution in [2.45, 2.75) is 38.6 Å². The highest BCUT2D eigenvalue weighted by atomic mass is 19.1. The van der Waals surface area contributed by atoms with Crippen molar-refractivity contribution in [1.82, 2.24) is 5.43 Å². The van der Waals surface area contributed by atoms with Crippen molar-refractivity contribution in [2.24, 2.45) is 23.6 Å². The molecule has 3 atom stereocenters. The van der Waals surface area contributed by atoms with E-state index in [1.54, 1.807) is 6.07 Å². The molecule has 98 valence electrons. The fraction of sp³-hybridized carbons (Fsp3) is 0.600. The minimum Gasteiger partial charge on any atom is -0.271 e. The van der Waals surface area contributed by atoms with Crippen molar-refractivity contribution in [2.75, 3.05) is 0 Å². The predicted molar refractivity (Wildman–Crippen MR) is 70.3 cm³/mol. The number of fused-ring (bicyclic) bond motifs is 1. The zero-order valence-electron chi connectivity index (χ0n) is 10.8. The Labute approximate surface area is 108 Å². The highest BCUT2D eigenvalue weighted by Gasteiger charge is 2.47. The first-order chi connectivity index (χ1) is 8.67. The van der Waals surface area contributed by atoms with Gasteiger partial charge in [-0.15, -0.1) is 0 Å². The van der Waals surface area contributed by atoms with Gasteiger partial charge < -0.3 is 0 Å². The first-order valence-corrected chi connectivity index (χ1v) is 6.88. The van der Waals surface area contributed by atoms with E-state index in [1.165, 1.54) is 25.3 Å². The monoisotopic (exact) mass is 248 g/mol. The molecule has 2 saturated carbocycles. The second-order valence-corrected chi connectivity index (χ2v) is 6.04. The highest BCUT2D eigenvalue weighted by Crippen LogP contribution is 2.55. The smallest absolute Gasteiger partial charge is 0.123 e. The minimum absolute atomic E-state index is 0.152. The largest absolute Gasteiger partial charge is 0.271 e. The average Bonchev–Trinajstić information content (AvgIpc) is 2.97. The number of hydrogen-bond acceptors (Lipinski definition) is 2. The number of aryl methyl sites for hydroxylation is 1. The molecular formula is C15H21FN2. The van der Waals surface area contributed by atoms with Gasteiger partial charge in [-0.3, -0.25) is 11.3 Å². The maximum atomic E-state index is 13.3. The maximum Gasteiger partial charge on any atom is 0.123 e. The third kappa shape index (κ3) is 2.29. The van der Waals surface area contributed by atoms with Crippen LogP contribution < -0.4 is 11.3 Å². The van der Waals surface area contributed by atoms with E-state index in [0.29, 0.717) is 12.0 Å². The zero-order valence-corrected chi connectivity index (χ0v) is 10.8. The van der Waals surface area contributed by atoms with Gasteiger partial charge >= 0.3 is 0 Å². The molecule has 0 amide bonds. The number of halogens is 1. The molecule has 3 heteroatoms. The topological polar surface area (TPSA) is 38.0 Å². The number of rotatable bonds is 4. The normalized spacial score (nSPS) is 31.2. The molecule has 0 spiro atoms. The predicted octanol–water partition coefficient (Wildman–Crippen LogP) is 2.55. The number of nitrogens with one attached hydrogen (secondary N) is 1. The maximum absolute atomic E-state index is 13.3. The highest BCUT2D eigenvalue weighted by molar-refractivity contribution is 5.27. The first-order valence-electron chi connectivity index (χ1n) is 6.88. The Kier molecular flexibility index (Phi) is 3.12. The van der Waals surface area contributed by atoms with E-state index in [9.17, 15) is 4.39 Å². The lowest BCUT2D eigenvalue weighted by Crippen LogP contribution is -2.42. The van der Waals surface area contributed by atoms with Crippen molar-refractivity contribution in [3.63, 3.8) is 0 Å². The van der Waals surface area contributed by atoms with Gasteiger partial charge in [-0.05, 0) is 73.6 Å². The fourth-order valence-electron chi connectivity index (χ4n) is 3.55. The van der Waals surface area contributed by atoms with Crippen molar-refractivity contribution in [3.8, 4) is 0 Å². The molecule has 0 bridgehead atoms.